The molecule has 8 heteroatoms. The maximum atomic E-state index is 12.0. The van der Waals surface area contributed by atoms with Gasteiger partial charge in [-0.15, -0.1) is 0 Å². The Hall–Kier alpha value is -1.31. The van der Waals surface area contributed by atoms with Gasteiger partial charge in [0.25, 0.3) is 0 Å². The molecule has 0 aromatic rings. The average molecular weight is 306 g/mol. The fourth-order valence-electron chi connectivity index (χ4n) is 2.20. The van der Waals surface area contributed by atoms with Crippen LogP contribution >= 0.6 is 0 Å². The molecule has 1 heterocycles. The second-order valence-corrected chi connectivity index (χ2v) is 7.71. The van der Waals surface area contributed by atoms with Gasteiger partial charge in [0.05, 0.1) is 5.75 Å². The van der Waals surface area contributed by atoms with Gasteiger partial charge < -0.3 is 15.3 Å². The summed E-state index contributed by atoms with van der Waals surface area (Å²) in [6, 6.07) is -1.60. The molecular formula is C12H22N2O5S. The van der Waals surface area contributed by atoms with E-state index in [2.05, 4.69) is 5.32 Å². The Balaban J connectivity index is 2.56. The summed E-state index contributed by atoms with van der Waals surface area (Å²) in [5, 5.41) is 11.4. The van der Waals surface area contributed by atoms with Crippen LogP contribution in [0, 0.1) is 5.92 Å². The van der Waals surface area contributed by atoms with Crippen LogP contribution in [0.5, 0.6) is 0 Å². The van der Waals surface area contributed by atoms with Crippen molar-refractivity contribution in [3.05, 3.63) is 0 Å². The molecule has 0 spiro atoms. The molecule has 0 radical (unpaired) electrons. The molecule has 2 unspecified atom stereocenters. The van der Waals surface area contributed by atoms with Crippen molar-refractivity contribution in [2.24, 2.45) is 5.92 Å². The topological polar surface area (TPSA) is 104 Å². The van der Waals surface area contributed by atoms with Gasteiger partial charge >= 0.3 is 12.0 Å². The van der Waals surface area contributed by atoms with Crippen molar-refractivity contribution in [1.29, 1.82) is 0 Å². The van der Waals surface area contributed by atoms with E-state index in [1.807, 2.05) is 6.92 Å². The van der Waals surface area contributed by atoms with Crippen LogP contribution in [0.4, 0.5) is 4.79 Å². The highest BCUT2D eigenvalue weighted by atomic mass is 32.2. The third kappa shape index (κ3) is 5.77. The molecule has 2 atom stereocenters. The third-order valence-corrected chi connectivity index (χ3v) is 4.29. The lowest BCUT2D eigenvalue weighted by atomic mass is 10.0. The number of aliphatic carboxylic acids is 1. The lowest BCUT2D eigenvalue weighted by Gasteiger charge is -2.31. The third-order valence-electron chi connectivity index (χ3n) is 3.32. The first-order valence-electron chi connectivity index (χ1n) is 6.65. The van der Waals surface area contributed by atoms with Gasteiger partial charge in [0, 0.05) is 19.3 Å². The number of sulfone groups is 1. The highest BCUT2D eigenvalue weighted by Crippen LogP contribution is 2.15. The quantitative estimate of drug-likeness (QED) is 0.761. The summed E-state index contributed by atoms with van der Waals surface area (Å²) in [6.45, 7) is 3.25. The number of hydrogen-bond donors (Lipinski definition) is 2. The fraction of sp³-hybridized carbons (Fsp3) is 0.833. The summed E-state index contributed by atoms with van der Waals surface area (Å²) >= 11 is 0. The SMILES string of the molecule is CC1CCCN(C(=O)NC(CCS(C)(=O)=O)C(=O)O)C1. The van der Waals surface area contributed by atoms with E-state index in [0.29, 0.717) is 19.0 Å². The number of nitrogens with one attached hydrogen (secondary N) is 1. The standard InChI is InChI=1S/C12H22N2O5S/c1-9-4-3-6-14(8-9)12(17)13-10(11(15)16)5-7-20(2,18)19/h9-10H,3-8H2,1-2H3,(H,13,17)(H,15,16). The summed E-state index contributed by atoms with van der Waals surface area (Å²) in [5.74, 6) is -1.08. The first-order valence-corrected chi connectivity index (χ1v) is 8.71. The van der Waals surface area contributed by atoms with Gasteiger partial charge in [-0.1, -0.05) is 6.92 Å². The number of hydrogen-bond acceptors (Lipinski definition) is 4. The van der Waals surface area contributed by atoms with E-state index in [4.69, 9.17) is 5.11 Å². The van der Waals surface area contributed by atoms with Crippen molar-refractivity contribution in [3.63, 3.8) is 0 Å². The summed E-state index contributed by atoms with van der Waals surface area (Å²) in [4.78, 5) is 24.6. The molecule has 2 N–H and O–H groups in total. The fourth-order valence-corrected chi connectivity index (χ4v) is 2.87. The monoisotopic (exact) mass is 306 g/mol. The number of amides is 2. The van der Waals surface area contributed by atoms with Gasteiger partial charge in [-0.2, -0.15) is 0 Å². The van der Waals surface area contributed by atoms with Gasteiger partial charge in [-0.3, -0.25) is 0 Å². The molecule has 0 bridgehead atoms. The Morgan fingerprint density at radius 3 is 2.60 bits per heavy atom. The number of rotatable bonds is 5. The van der Waals surface area contributed by atoms with Crippen LogP contribution < -0.4 is 5.32 Å². The van der Waals surface area contributed by atoms with E-state index >= 15 is 0 Å². The maximum absolute atomic E-state index is 12.0. The molecule has 1 aliphatic heterocycles. The molecule has 0 aliphatic carbocycles. The van der Waals surface area contributed by atoms with Gasteiger partial charge in [0.15, 0.2) is 0 Å². The molecule has 2 amide bonds. The number of carbonyl (C=O) groups excluding carboxylic acids is 1. The zero-order chi connectivity index (χ0) is 15.3. The second kappa shape index (κ2) is 6.92. The van der Waals surface area contributed by atoms with Crippen LogP contribution in [0.15, 0.2) is 0 Å². The van der Waals surface area contributed by atoms with E-state index in [9.17, 15) is 18.0 Å². The zero-order valence-corrected chi connectivity index (χ0v) is 12.6. The summed E-state index contributed by atoms with van der Waals surface area (Å²) in [5.41, 5.74) is 0. The van der Waals surface area contributed by atoms with Crippen LogP contribution in [0.2, 0.25) is 0 Å². The van der Waals surface area contributed by atoms with E-state index in [-0.39, 0.29) is 12.2 Å². The second-order valence-electron chi connectivity index (χ2n) is 5.45. The Kier molecular flexibility index (Phi) is 5.79. The van der Waals surface area contributed by atoms with Gasteiger partial charge in [-0.25, -0.2) is 18.0 Å². The van der Waals surface area contributed by atoms with Crippen molar-refractivity contribution in [1.82, 2.24) is 10.2 Å². The highest BCUT2D eigenvalue weighted by Gasteiger charge is 2.26. The van der Waals surface area contributed by atoms with E-state index in [0.717, 1.165) is 19.1 Å². The molecule has 1 saturated heterocycles. The zero-order valence-electron chi connectivity index (χ0n) is 11.8. The molecule has 0 saturated carbocycles. The number of carbonyl (C=O) groups is 2. The molecular weight excluding hydrogens is 284 g/mol. The summed E-state index contributed by atoms with van der Waals surface area (Å²) in [6.07, 6.45) is 2.87. The Bertz CT molecular complexity index is 462. The number of carboxylic acids is 1. The Morgan fingerprint density at radius 2 is 2.10 bits per heavy atom. The normalized spacial score (nSPS) is 21.3. The molecule has 0 aromatic heterocycles. The van der Waals surface area contributed by atoms with E-state index in [1.165, 1.54) is 0 Å². The highest BCUT2D eigenvalue weighted by molar-refractivity contribution is 7.90. The average Bonchev–Trinajstić information content (AvgIpc) is 2.32. The molecule has 116 valence electrons. The van der Waals surface area contributed by atoms with Crippen molar-refractivity contribution >= 4 is 21.8 Å². The van der Waals surface area contributed by atoms with Crippen LogP contribution in [0.25, 0.3) is 0 Å². The minimum atomic E-state index is -3.25. The number of urea groups is 1. The van der Waals surface area contributed by atoms with Gasteiger partial charge in [0.1, 0.15) is 15.9 Å². The van der Waals surface area contributed by atoms with Gasteiger partial charge in [0.2, 0.25) is 0 Å². The van der Waals surface area contributed by atoms with Crippen LogP contribution in [0.3, 0.4) is 0 Å². The summed E-state index contributed by atoms with van der Waals surface area (Å²) in [7, 11) is -3.25. The predicted molar refractivity (Wildman–Crippen MR) is 74.3 cm³/mol. The molecule has 1 aliphatic rings. The Labute approximate surface area is 119 Å². The molecule has 20 heavy (non-hydrogen) atoms. The van der Waals surface area contributed by atoms with Crippen LogP contribution in [-0.2, 0) is 14.6 Å². The maximum Gasteiger partial charge on any atom is 0.326 e. The van der Waals surface area contributed by atoms with Crippen molar-refractivity contribution in [3.8, 4) is 0 Å². The smallest absolute Gasteiger partial charge is 0.326 e. The number of piperidine rings is 1. The van der Waals surface area contributed by atoms with E-state index < -0.39 is 27.9 Å². The molecule has 7 nitrogen and oxygen atoms in total. The largest absolute Gasteiger partial charge is 0.480 e. The lowest BCUT2D eigenvalue weighted by molar-refractivity contribution is -0.139. The predicted octanol–water partition coefficient (Wildman–Crippen LogP) is 0.316. The first-order chi connectivity index (χ1) is 9.19. The first kappa shape index (κ1) is 16.7. The number of nitrogens with zero attached hydrogens (tertiary/aromatic N) is 1. The van der Waals surface area contributed by atoms with E-state index in [1.54, 1.807) is 4.90 Å². The van der Waals surface area contributed by atoms with Crippen LogP contribution in [0.1, 0.15) is 26.2 Å². The molecule has 1 fully saturated rings. The Morgan fingerprint density at radius 1 is 1.45 bits per heavy atom. The van der Waals surface area contributed by atoms with Gasteiger partial charge in [-0.05, 0) is 25.2 Å². The molecule has 0 aromatic carbocycles. The van der Waals surface area contributed by atoms with Crippen molar-refractivity contribution in [2.75, 3.05) is 25.1 Å². The number of carboxylic acid groups (broad SMARTS) is 1. The van der Waals surface area contributed by atoms with Crippen LogP contribution in [-0.4, -0.2) is 61.6 Å². The van der Waals surface area contributed by atoms with Crippen molar-refractivity contribution in [2.45, 2.75) is 32.2 Å². The van der Waals surface area contributed by atoms with Crippen molar-refractivity contribution < 1.29 is 23.1 Å². The minimum Gasteiger partial charge on any atom is -0.480 e. The molecule has 1 rings (SSSR count). The minimum absolute atomic E-state index is 0.122. The lowest BCUT2D eigenvalue weighted by Crippen LogP contribution is -2.51. The summed E-state index contributed by atoms with van der Waals surface area (Å²) < 4.78 is 22.1. The number of likely N-dealkylation sites (tertiary alicyclic amines) is 1.